The Labute approximate surface area is 132 Å². The molecule has 3 rings (SSSR count). The van der Waals surface area contributed by atoms with Crippen LogP contribution in [0.3, 0.4) is 0 Å². The SMILES string of the molecule is CCN1C(=S)NC2CC1(C)Oc1c(OC)cc(Br)cc12. The first-order valence-corrected chi connectivity index (χ1v) is 7.83. The van der Waals surface area contributed by atoms with Gasteiger partial charge in [0.2, 0.25) is 0 Å². The van der Waals surface area contributed by atoms with Crippen LogP contribution in [0.1, 0.15) is 31.9 Å². The van der Waals surface area contributed by atoms with Gasteiger partial charge in [-0.1, -0.05) is 15.9 Å². The number of benzene rings is 1. The molecule has 108 valence electrons. The number of thiocarbonyl (C=S) groups is 1. The largest absolute Gasteiger partial charge is 0.493 e. The van der Waals surface area contributed by atoms with E-state index in [9.17, 15) is 0 Å². The van der Waals surface area contributed by atoms with Gasteiger partial charge in [0.15, 0.2) is 22.3 Å². The van der Waals surface area contributed by atoms with Crippen molar-refractivity contribution < 1.29 is 9.47 Å². The number of methoxy groups -OCH3 is 1. The van der Waals surface area contributed by atoms with Crippen LogP contribution >= 0.6 is 28.1 Å². The van der Waals surface area contributed by atoms with Crippen LogP contribution < -0.4 is 14.8 Å². The Morgan fingerprint density at radius 3 is 3.00 bits per heavy atom. The Morgan fingerprint density at radius 2 is 2.35 bits per heavy atom. The highest BCUT2D eigenvalue weighted by atomic mass is 79.9. The van der Waals surface area contributed by atoms with E-state index in [0.29, 0.717) is 0 Å². The summed E-state index contributed by atoms with van der Waals surface area (Å²) in [6.45, 7) is 4.97. The van der Waals surface area contributed by atoms with Crippen LogP contribution in [0.2, 0.25) is 0 Å². The second kappa shape index (κ2) is 4.77. The molecule has 2 unspecified atom stereocenters. The molecule has 0 spiro atoms. The zero-order valence-corrected chi connectivity index (χ0v) is 14.1. The molecule has 4 nitrogen and oxygen atoms in total. The Kier molecular flexibility index (Phi) is 3.33. The van der Waals surface area contributed by atoms with Crippen LogP contribution in [0.5, 0.6) is 11.5 Å². The second-order valence-corrected chi connectivity index (χ2v) is 6.56. The van der Waals surface area contributed by atoms with Crippen molar-refractivity contribution in [2.45, 2.75) is 32.0 Å². The maximum atomic E-state index is 6.29. The van der Waals surface area contributed by atoms with Crippen LogP contribution in [0, 0.1) is 0 Å². The van der Waals surface area contributed by atoms with Crippen molar-refractivity contribution in [3.05, 3.63) is 22.2 Å². The Hall–Kier alpha value is -1.01. The van der Waals surface area contributed by atoms with Gasteiger partial charge in [-0.2, -0.15) is 0 Å². The quantitative estimate of drug-likeness (QED) is 0.822. The normalized spacial score (nSPS) is 27.5. The van der Waals surface area contributed by atoms with Crippen LogP contribution in [0.15, 0.2) is 16.6 Å². The predicted molar refractivity (Wildman–Crippen MR) is 85.2 cm³/mol. The number of hydrogen-bond donors (Lipinski definition) is 1. The molecule has 2 heterocycles. The van der Waals surface area contributed by atoms with Gasteiger partial charge in [-0.15, -0.1) is 0 Å². The van der Waals surface area contributed by atoms with Crippen molar-refractivity contribution >= 4 is 33.3 Å². The van der Waals surface area contributed by atoms with Crippen molar-refractivity contribution in [1.29, 1.82) is 0 Å². The first-order valence-electron chi connectivity index (χ1n) is 6.63. The topological polar surface area (TPSA) is 33.7 Å². The summed E-state index contributed by atoms with van der Waals surface area (Å²) in [6.07, 6.45) is 0.855. The summed E-state index contributed by atoms with van der Waals surface area (Å²) in [4.78, 5) is 2.09. The number of halogens is 1. The van der Waals surface area contributed by atoms with Crippen LogP contribution in [0.25, 0.3) is 0 Å². The summed E-state index contributed by atoms with van der Waals surface area (Å²) in [6, 6.07) is 4.16. The minimum Gasteiger partial charge on any atom is -0.493 e. The summed E-state index contributed by atoms with van der Waals surface area (Å²) in [7, 11) is 1.66. The molecular formula is C14H17BrN2O2S. The van der Waals surface area contributed by atoms with Gasteiger partial charge in [-0.3, -0.25) is 0 Å². The first kappa shape index (κ1) is 13.9. The van der Waals surface area contributed by atoms with E-state index in [-0.39, 0.29) is 6.04 Å². The van der Waals surface area contributed by atoms with Gasteiger partial charge in [0.1, 0.15) is 0 Å². The zero-order valence-electron chi connectivity index (χ0n) is 11.7. The zero-order chi connectivity index (χ0) is 14.5. The molecule has 0 aliphatic carbocycles. The molecule has 2 aliphatic heterocycles. The van der Waals surface area contributed by atoms with E-state index in [1.54, 1.807) is 7.11 Å². The third kappa shape index (κ3) is 1.97. The molecule has 0 saturated carbocycles. The molecule has 2 atom stereocenters. The monoisotopic (exact) mass is 356 g/mol. The molecule has 0 amide bonds. The summed E-state index contributed by atoms with van der Waals surface area (Å²) in [5.41, 5.74) is 0.669. The van der Waals surface area contributed by atoms with Crippen molar-refractivity contribution in [1.82, 2.24) is 10.2 Å². The van der Waals surface area contributed by atoms with Gasteiger partial charge in [-0.05, 0) is 38.2 Å². The number of nitrogens with zero attached hydrogens (tertiary/aromatic N) is 1. The lowest BCUT2D eigenvalue weighted by atomic mass is 9.90. The molecule has 0 radical (unpaired) electrons. The summed E-state index contributed by atoms with van der Waals surface area (Å²) < 4.78 is 12.7. The summed E-state index contributed by atoms with van der Waals surface area (Å²) >= 11 is 8.99. The van der Waals surface area contributed by atoms with E-state index < -0.39 is 5.72 Å². The lowest BCUT2D eigenvalue weighted by molar-refractivity contribution is -0.0673. The highest BCUT2D eigenvalue weighted by molar-refractivity contribution is 9.10. The van der Waals surface area contributed by atoms with E-state index >= 15 is 0 Å². The van der Waals surface area contributed by atoms with Crippen molar-refractivity contribution in [3.63, 3.8) is 0 Å². The molecule has 0 aromatic heterocycles. The number of fused-ring (bicyclic) bond motifs is 4. The summed E-state index contributed by atoms with van der Waals surface area (Å²) in [5.74, 6) is 1.55. The van der Waals surface area contributed by atoms with Crippen molar-refractivity contribution in [3.8, 4) is 11.5 Å². The fourth-order valence-corrected chi connectivity index (χ4v) is 3.99. The number of rotatable bonds is 2. The van der Waals surface area contributed by atoms with Crippen molar-refractivity contribution in [2.75, 3.05) is 13.7 Å². The van der Waals surface area contributed by atoms with Gasteiger partial charge in [0, 0.05) is 23.0 Å². The van der Waals surface area contributed by atoms with E-state index in [1.807, 2.05) is 6.07 Å². The fraction of sp³-hybridized carbons (Fsp3) is 0.500. The average Bonchev–Trinajstić information content (AvgIpc) is 2.38. The van der Waals surface area contributed by atoms with E-state index in [1.165, 1.54) is 0 Å². The van der Waals surface area contributed by atoms with Gasteiger partial charge in [-0.25, -0.2) is 0 Å². The fourth-order valence-electron chi connectivity index (χ4n) is 3.07. The molecule has 2 bridgehead atoms. The first-order chi connectivity index (χ1) is 9.48. The Bertz CT molecular complexity index is 581. The maximum absolute atomic E-state index is 6.29. The molecule has 1 N–H and O–H groups in total. The van der Waals surface area contributed by atoms with E-state index in [2.05, 4.69) is 46.1 Å². The third-order valence-corrected chi connectivity index (χ3v) is 4.77. The minimum absolute atomic E-state index is 0.158. The highest BCUT2D eigenvalue weighted by Gasteiger charge is 2.47. The Balaban J connectivity index is 2.14. The lowest BCUT2D eigenvalue weighted by Crippen LogP contribution is -2.64. The molecule has 20 heavy (non-hydrogen) atoms. The molecule has 2 aliphatic rings. The maximum Gasteiger partial charge on any atom is 0.184 e. The van der Waals surface area contributed by atoms with Gasteiger partial charge < -0.3 is 19.7 Å². The minimum atomic E-state index is -0.421. The molecular weight excluding hydrogens is 340 g/mol. The number of ether oxygens (including phenoxy) is 2. The summed E-state index contributed by atoms with van der Waals surface area (Å²) in [5, 5.41) is 4.16. The third-order valence-electron chi connectivity index (χ3n) is 3.98. The molecule has 1 fully saturated rings. The highest BCUT2D eigenvalue weighted by Crippen LogP contribution is 2.49. The van der Waals surface area contributed by atoms with Crippen LogP contribution in [0.4, 0.5) is 0 Å². The molecule has 1 saturated heterocycles. The molecule has 1 aromatic rings. The second-order valence-electron chi connectivity index (χ2n) is 5.25. The number of nitrogens with one attached hydrogen (secondary N) is 1. The van der Waals surface area contributed by atoms with Crippen LogP contribution in [-0.4, -0.2) is 29.4 Å². The van der Waals surface area contributed by atoms with Gasteiger partial charge in [0.25, 0.3) is 0 Å². The van der Waals surface area contributed by atoms with Crippen LogP contribution in [-0.2, 0) is 0 Å². The van der Waals surface area contributed by atoms with Crippen molar-refractivity contribution in [2.24, 2.45) is 0 Å². The van der Waals surface area contributed by atoms with E-state index in [0.717, 1.165) is 39.6 Å². The van der Waals surface area contributed by atoms with E-state index in [4.69, 9.17) is 21.7 Å². The van der Waals surface area contributed by atoms with Gasteiger partial charge >= 0.3 is 0 Å². The standard InChI is InChI=1S/C14H17BrN2O2S/c1-4-17-13(20)16-10-7-14(17,2)19-12-9(10)5-8(15)6-11(12)18-3/h5-6,10H,4,7H2,1-3H3,(H,16,20). The lowest BCUT2D eigenvalue weighted by Gasteiger charge is -2.52. The Morgan fingerprint density at radius 1 is 1.60 bits per heavy atom. The molecule has 1 aromatic carbocycles. The number of hydrogen-bond acceptors (Lipinski definition) is 3. The van der Waals surface area contributed by atoms with Gasteiger partial charge in [0.05, 0.1) is 13.2 Å². The molecule has 6 heteroatoms. The predicted octanol–water partition coefficient (Wildman–Crippen LogP) is 3.21. The smallest absolute Gasteiger partial charge is 0.184 e. The average molecular weight is 357 g/mol.